The Morgan fingerprint density at radius 3 is 2.59 bits per heavy atom. The Morgan fingerprint density at radius 2 is 2.12 bits per heavy atom. The highest BCUT2D eigenvalue weighted by Gasteiger charge is 2.19. The number of sulfone groups is 1. The van der Waals surface area contributed by atoms with Crippen LogP contribution in [0.5, 0.6) is 0 Å². The van der Waals surface area contributed by atoms with E-state index in [0.717, 1.165) is 19.6 Å². The van der Waals surface area contributed by atoms with Gasteiger partial charge in [-0.05, 0) is 45.7 Å². The van der Waals surface area contributed by atoms with Gasteiger partial charge in [-0.25, -0.2) is 8.42 Å². The quantitative estimate of drug-likeness (QED) is 0.767. The Balaban J connectivity index is 2.42. The molecule has 1 atom stereocenters. The molecule has 1 aliphatic heterocycles. The maximum absolute atomic E-state index is 11.2. The highest BCUT2D eigenvalue weighted by atomic mass is 32.2. The Hall–Kier alpha value is -0.130. The molecule has 0 aromatic carbocycles. The SMILES string of the molecule is CC(C)N(CCS(C)(=O)=O)CC1CCCNC1. The van der Waals surface area contributed by atoms with Crippen LogP contribution in [-0.4, -0.2) is 57.5 Å². The monoisotopic (exact) mass is 262 g/mol. The van der Waals surface area contributed by atoms with Crippen LogP contribution in [0.4, 0.5) is 0 Å². The summed E-state index contributed by atoms with van der Waals surface area (Å²) in [6.45, 7) is 8.15. The summed E-state index contributed by atoms with van der Waals surface area (Å²) >= 11 is 0. The van der Waals surface area contributed by atoms with Gasteiger partial charge >= 0.3 is 0 Å². The van der Waals surface area contributed by atoms with Crippen molar-refractivity contribution >= 4 is 9.84 Å². The Kier molecular flexibility index (Phi) is 5.89. The molecule has 0 spiro atoms. The van der Waals surface area contributed by atoms with Crippen molar-refractivity contribution in [3.05, 3.63) is 0 Å². The van der Waals surface area contributed by atoms with Crippen LogP contribution in [-0.2, 0) is 9.84 Å². The van der Waals surface area contributed by atoms with Crippen molar-refractivity contribution in [2.75, 3.05) is 38.2 Å². The summed E-state index contributed by atoms with van der Waals surface area (Å²) in [7, 11) is -2.85. The molecular weight excluding hydrogens is 236 g/mol. The Bertz CT molecular complexity index is 308. The van der Waals surface area contributed by atoms with E-state index in [9.17, 15) is 8.42 Å². The van der Waals surface area contributed by atoms with E-state index in [1.54, 1.807) is 0 Å². The van der Waals surface area contributed by atoms with Crippen LogP contribution in [0.15, 0.2) is 0 Å². The van der Waals surface area contributed by atoms with Gasteiger partial charge in [-0.15, -0.1) is 0 Å². The zero-order valence-corrected chi connectivity index (χ0v) is 12.1. The van der Waals surface area contributed by atoms with Gasteiger partial charge in [-0.2, -0.15) is 0 Å². The standard InChI is InChI=1S/C12H26N2O2S/c1-11(2)14(7-8-17(3,15)16)10-12-5-4-6-13-9-12/h11-13H,4-10H2,1-3H3. The number of nitrogens with one attached hydrogen (secondary N) is 1. The van der Waals surface area contributed by atoms with E-state index >= 15 is 0 Å². The molecule has 1 N–H and O–H groups in total. The zero-order chi connectivity index (χ0) is 12.9. The first-order chi connectivity index (χ1) is 7.88. The van der Waals surface area contributed by atoms with Gasteiger partial charge in [0.2, 0.25) is 0 Å². The molecule has 0 aromatic rings. The summed E-state index contributed by atoms with van der Waals surface area (Å²) < 4.78 is 22.4. The molecule has 1 aliphatic rings. The maximum atomic E-state index is 11.2. The summed E-state index contributed by atoms with van der Waals surface area (Å²) in [5, 5.41) is 3.41. The number of hydrogen-bond donors (Lipinski definition) is 1. The molecule has 0 aromatic heterocycles. The Morgan fingerprint density at radius 1 is 1.41 bits per heavy atom. The number of piperidine rings is 1. The van der Waals surface area contributed by atoms with Gasteiger partial charge in [0.25, 0.3) is 0 Å². The minimum atomic E-state index is -2.85. The molecule has 1 saturated heterocycles. The zero-order valence-electron chi connectivity index (χ0n) is 11.3. The first-order valence-electron chi connectivity index (χ1n) is 6.51. The molecule has 102 valence electrons. The average Bonchev–Trinajstić information content (AvgIpc) is 2.24. The third-order valence-corrected chi connectivity index (χ3v) is 4.30. The minimum absolute atomic E-state index is 0.269. The summed E-state index contributed by atoms with van der Waals surface area (Å²) in [6.07, 6.45) is 3.81. The molecule has 0 aliphatic carbocycles. The minimum Gasteiger partial charge on any atom is -0.316 e. The second kappa shape index (κ2) is 6.71. The third kappa shape index (κ3) is 6.38. The van der Waals surface area contributed by atoms with Crippen LogP contribution >= 0.6 is 0 Å². The Labute approximate surface area is 106 Å². The van der Waals surface area contributed by atoms with Crippen LogP contribution < -0.4 is 5.32 Å². The van der Waals surface area contributed by atoms with Crippen molar-refractivity contribution in [2.24, 2.45) is 5.92 Å². The van der Waals surface area contributed by atoms with Crippen LogP contribution in [0, 0.1) is 5.92 Å². The summed E-state index contributed by atoms with van der Waals surface area (Å²) in [4.78, 5) is 2.29. The summed E-state index contributed by atoms with van der Waals surface area (Å²) in [5.41, 5.74) is 0. The van der Waals surface area contributed by atoms with E-state index in [1.807, 2.05) is 0 Å². The lowest BCUT2D eigenvalue weighted by Crippen LogP contribution is -2.42. The number of hydrogen-bond acceptors (Lipinski definition) is 4. The molecule has 5 heteroatoms. The molecule has 0 amide bonds. The van der Waals surface area contributed by atoms with Crippen molar-refractivity contribution in [1.29, 1.82) is 0 Å². The van der Waals surface area contributed by atoms with Crippen LogP contribution in [0.25, 0.3) is 0 Å². The maximum Gasteiger partial charge on any atom is 0.148 e. The summed E-state index contributed by atoms with van der Waals surface area (Å²) in [6, 6.07) is 0.415. The largest absolute Gasteiger partial charge is 0.316 e. The highest BCUT2D eigenvalue weighted by molar-refractivity contribution is 7.90. The molecule has 1 fully saturated rings. The van der Waals surface area contributed by atoms with Gasteiger partial charge < -0.3 is 5.32 Å². The predicted molar refractivity (Wildman–Crippen MR) is 72.0 cm³/mol. The second-order valence-electron chi connectivity index (χ2n) is 5.43. The van der Waals surface area contributed by atoms with Crippen LogP contribution in [0.3, 0.4) is 0 Å². The van der Waals surface area contributed by atoms with E-state index in [0.29, 0.717) is 18.5 Å². The predicted octanol–water partition coefficient (Wildman–Crippen LogP) is 0.741. The third-order valence-electron chi connectivity index (χ3n) is 3.37. The fourth-order valence-corrected chi connectivity index (χ4v) is 2.82. The average molecular weight is 262 g/mol. The van der Waals surface area contributed by atoms with Crippen molar-refractivity contribution in [3.63, 3.8) is 0 Å². The highest BCUT2D eigenvalue weighted by Crippen LogP contribution is 2.13. The lowest BCUT2D eigenvalue weighted by molar-refractivity contribution is 0.180. The van der Waals surface area contributed by atoms with Crippen LogP contribution in [0.2, 0.25) is 0 Å². The van der Waals surface area contributed by atoms with E-state index in [2.05, 4.69) is 24.1 Å². The van der Waals surface area contributed by atoms with E-state index in [-0.39, 0.29) is 5.75 Å². The van der Waals surface area contributed by atoms with E-state index in [4.69, 9.17) is 0 Å². The fraction of sp³-hybridized carbons (Fsp3) is 1.00. The normalized spacial score (nSPS) is 22.3. The molecule has 0 bridgehead atoms. The van der Waals surface area contributed by atoms with Gasteiger partial charge in [-0.3, -0.25) is 4.90 Å². The van der Waals surface area contributed by atoms with Gasteiger partial charge in [0, 0.05) is 25.4 Å². The van der Waals surface area contributed by atoms with Gasteiger partial charge in [-0.1, -0.05) is 0 Å². The van der Waals surface area contributed by atoms with Gasteiger partial charge in [0.15, 0.2) is 0 Å². The van der Waals surface area contributed by atoms with Crippen molar-refractivity contribution in [1.82, 2.24) is 10.2 Å². The molecule has 4 nitrogen and oxygen atoms in total. The summed E-state index contributed by atoms with van der Waals surface area (Å²) in [5.74, 6) is 0.941. The lowest BCUT2D eigenvalue weighted by Gasteiger charge is -2.32. The molecule has 17 heavy (non-hydrogen) atoms. The second-order valence-corrected chi connectivity index (χ2v) is 7.69. The molecule has 0 saturated carbocycles. The van der Waals surface area contributed by atoms with Crippen molar-refractivity contribution in [3.8, 4) is 0 Å². The van der Waals surface area contributed by atoms with E-state index in [1.165, 1.54) is 19.1 Å². The smallest absolute Gasteiger partial charge is 0.148 e. The molecule has 1 rings (SSSR count). The first kappa shape index (κ1) is 14.9. The molecular formula is C12H26N2O2S. The molecule has 1 heterocycles. The van der Waals surface area contributed by atoms with Crippen molar-refractivity contribution < 1.29 is 8.42 Å². The molecule has 0 radical (unpaired) electrons. The first-order valence-corrected chi connectivity index (χ1v) is 8.57. The van der Waals surface area contributed by atoms with E-state index < -0.39 is 9.84 Å². The lowest BCUT2D eigenvalue weighted by atomic mass is 9.98. The number of rotatable bonds is 6. The molecule has 1 unspecified atom stereocenters. The van der Waals surface area contributed by atoms with Crippen molar-refractivity contribution in [2.45, 2.75) is 32.7 Å². The van der Waals surface area contributed by atoms with Gasteiger partial charge in [0.1, 0.15) is 9.84 Å². The van der Waals surface area contributed by atoms with Crippen LogP contribution in [0.1, 0.15) is 26.7 Å². The topological polar surface area (TPSA) is 49.4 Å². The number of nitrogens with zero attached hydrogens (tertiary/aromatic N) is 1. The fourth-order valence-electron chi connectivity index (χ4n) is 2.25. The van der Waals surface area contributed by atoms with Gasteiger partial charge in [0.05, 0.1) is 5.75 Å².